The number of hydrogen-bond acceptors (Lipinski definition) is 4. The molecule has 19 heavy (non-hydrogen) atoms. The van der Waals surface area contributed by atoms with Crippen LogP contribution in [0, 0.1) is 6.92 Å². The molecule has 1 fully saturated rings. The molecule has 1 aliphatic rings. The van der Waals surface area contributed by atoms with E-state index in [2.05, 4.69) is 20.9 Å². The van der Waals surface area contributed by atoms with E-state index in [9.17, 15) is 13.2 Å². The first kappa shape index (κ1) is 14.7. The summed E-state index contributed by atoms with van der Waals surface area (Å²) in [4.78, 5) is 17.2. The zero-order chi connectivity index (χ0) is 14.4. The van der Waals surface area contributed by atoms with Crippen molar-refractivity contribution in [3.05, 3.63) is 21.4 Å². The number of sulfonamides is 1. The van der Waals surface area contributed by atoms with Gasteiger partial charge in [-0.05, 0) is 28.4 Å². The predicted molar refractivity (Wildman–Crippen MR) is 75.5 cm³/mol. The fourth-order valence-electron chi connectivity index (χ4n) is 1.96. The molecule has 1 saturated heterocycles. The van der Waals surface area contributed by atoms with Crippen LogP contribution < -0.4 is 10.0 Å². The van der Waals surface area contributed by atoms with Crippen molar-refractivity contribution < 1.29 is 13.2 Å². The number of aromatic nitrogens is 1. The molecule has 1 aromatic rings. The van der Waals surface area contributed by atoms with Gasteiger partial charge in [0, 0.05) is 23.6 Å². The Morgan fingerprint density at radius 1 is 1.58 bits per heavy atom. The average molecular weight is 369 g/mol. The average Bonchev–Trinajstić information content (AvgIpc) is 2.67. The molecule has 1 amide bonds. The molecule has 6 nitrogen and oxygen atoms in total. The lowest BCUT2D eigenvalue weighted by Gasteiger charge is -2.20. The van der Waals surface area contributed by atoms with Crippen molar-refractivity contribution in [2.75, 3.05) is 11.4 Å². The highest BCUT2D eigenvalue weighted by Crippen LogP contribution is 2.35. The van der Waals surface area contributed by atoms with Gasteiger partial charge in [0.2, 0.25) is 15.9 Å². The zero-order valence-electron chi connectivity index (χ0n) is 9.93. The Balaban J connectivity index is 2.45. The van der Waals surface area contributed by atoms with Crippen LogP contribution in [0.2, 0.25) is 5.15 Å². The molecule has 0 bridgehead atoms. The van der Waals surface area contributed by atoms with E-state index in [1.165, 1.54) is 11.1 Å². The highest BCUT2D eigenvalue weighted by Gasteiger charge is 2.38. The van der Waals surface area contributed by atoms with Crippen LogP contribution in [0.5, 0.6) is 0 Å². The van der Waals surface area contributed by atoms with Crippen LogP contribution in [-0.4, -0.2) is 31.1 Å². The van der Waals surface area contributed by atoms with Gasteiger partial charge in [0.25, 0.3) is 0 Å². The van der Waals surface area contributed by atoms with Gasteiger partial charge in [0.1, 0.15) is 5.25 Å². The van der Waals surface area contributed by atoms with Crippen LogP contribution in [0.3, 0.4) is 0 Å². The van der Waals surface area contributed by atoms with E-state index in [0.29, 0.717) is 10.2 Å². The van der Waals surface area contributed by atoms with Gasteiger partial charge in [-0.1, -0.05) is 11.6 Å². The van der Waals surface area contributed by atoms with Gasteiger partial charge in [-0.3, -0.25) is 4.79 Å². The highest BCUT2D eigenvalue weighted by atomic mass is 79.9. The maximum absolute atomic E-state index is 12.0. The Kier molecular flexibility index (Phi) is 3.87. The maximum Gasteiger partial charge on any atom is 0.228 e. The molecule has 1 atom stereocenters. The Morgan fingerprint density at radius 3 is 2.74 bits per heavy atom. The summed E-state index contributed by atoms with van der Waals surface area (Å²) in [6.07, 6.45) is 1.39. The summed E-state index contributed by atoms with van der Waals surface area (Å²) in [6.45, 7) is 1.76. The summed E-state index contributed by atoms with van der Waals surface area (Å²) in [7, 11) is -3.75. The van der Waals surface area contributed by atoms with E-state index in [0.717, 1.165) is 5.56 Å². The van der Waals surface area contributed by atoms with Crippen molar-refractivity contribution in [2.45, 2.75) is 18.6 Å². The van der Waals surface area contributed by atoms with Gasteiger partial charge in [-0.15, -0.1) is 0 Å². The molecule has 1 aliphatic heterocycles. The number of carbonyl (C=O) groups excluding carboxylic acids is 1. The van der Waals surface area contributed by atoms with Crippen molar-refractivity contribution in [3.63, 3.8) is 0 Å². The second-order valence-electron chi connectivity index (χ2n) is 4.29. The lowest BCUT2D eigenvalue weighted by molar-refractivity contribution is -0.117. The maximum atomic E-state index is 12.0. The van der Waals surface area contributed by atoms with E-state index in [1.807, 2.05) is 0 Å². The normalized spacial score (nSPS) is 20.1. The quantitative estimate of drug-likeness (QED) is 0.794. The topological polar surface area (TPSA) is 93.4 Å². The molecule has 1 aromatic heterocycles. The number of halogens is 2. The lowest BCUT2D eigenvalue weighted by Crippen LogP contribution is -2.32. The highest BCUT2D eigenvalue weighted by molar-refractivity contribution is 9.10. The van der Waals surface area contributed by atoms with Crippen molar-refractivity contribution in [1.29, 1.82) is 0 Å². The van der Waals surface area contributed by atoms with E-state index in [4.69, 9.17) is 16.7 Å². The molecule has 2 rings (SSSR count). The molecule has 9 heteroatoms. The fourth-order valence-corrected chi connectivity index (χ4v) is 3.28. The number of primary sulfonamides is 1. The smallest absolute Gasteiger partial charge is 0.228 e. The van der Waals surface area contributed by atoms with E-state index in [-0.39, 0.29) is 24.0 Å². The second-order valence-corrected chi connectivity index (χ2v) is 7.35. The van der Waals surface area contributed by atoms with Gasteiger partial charge in [-0.25, -0.2) is 18.5 Å². The molecular formula is C10H11BrClN3O3S. The van der Waals surface area contributed by atoms with Crippen molar-refractivity contribution in [2.24, 2.45) is 5.14 Å². The minimum atomic E-state index is -3.75. The van der Waals surface area contributed by atoms with Gasteiger partial charge < -0.3 is 4.90 Å². The van der Waals surface area contributed by atoms with E-state index >= 15 is 0 Å². The second kappa shape index (κ2) is 5.01. The van der Waals surface area contributed by atoms with Crippen molar-refractivity contribution in [1.82, 2.24) is 4.98 Å². The Bertz CT molecular complexity index is 650. The third-order valence-electron chi connectivity index (χ3n) is 3.02. The van der Waals surface area contributed by atoms with Crippen LogP contribution in [0.4, 0.5) is 5.69 Å². The minimum absolute atomic E-state index is 0.00361. The fraction of sp³-hybridized carbons (Fsp3) is 0.400. The van der Waals surface area contributed by atoms with Crippen LogP contribution in [0.25, 0.3) is 0 Å². The number of pyridine rings is 1. The van der Waals surface area contributed by atoms with Crippen LogP contribution >= 0.6 is 27.5 Å². The zero-order valence-corrected chi connectivity index (χ0v) is 13.1. The number of nitrogens with zero attached hydrogens (tertiary/aromatic N) is 2. The molecule has 1 unspecified atom stereocenters. The molecular weight excluding hydrogens is 358 g/mol. The number of rotatable bonds is 2. The van der Waals surface area contributed by atoms with Crippen LogP contribution in [-0.2, 0) is 14.8 Å². The number of anilines is 1. The van der Waals surface area contributed by atoms with Gasteiger partial charge >= 0.3 is 0 Å². The Hall–Kier alpha value is -0.700. The van der Waals surface area contributed by atoms with Crippen LogP contribution in [0.15, 0.2) is 10.7 Å². The molecule has 0 aromatic carbocycles. The summed E-state index contributed by atoms with van der Waals surface area (Å²) in [5.41, 5.74) is 1.15. The number of nitrogens with two attached hydrogens (primary N) is 1. The van der Waals surface area contributed by atoms with Gasteiger partial charge in [-0.2, -0.15) is 0 Å². The molecule has 2 heterocycles. The van der Waals surface area contributed by atoms with E-state index in [1.54, 1.807) is 6.92 Å². The van der Waals surface area contributed by atoms with E-state index < -0.39 is 15.3 Å². The number of amides is 1. The van der Waals surface area contributed by atoms with Crippen LogP contribution in [0.1, 0.15) is 12.0 Å². The summed E-state index contributed by atoms with van der Waals surface area (Å²) < 4.78 is 23.4. The predicted octanol–water partition coefficient (Wildman–Crippen LogP) is 1.20. The largest absolute Gasteiger partial charge is 0.308 e. The lowest BCUT2D eigenvalue weighted by atomic mass is 10.2. The monoisotopic (exact) mass is 367 g/mol. The van der Waals surface area contributed by atoms with Crippen molar-refractivity contribution in [3.8, 4) is 0 Å². The molecule has 0 saturated carbocycles. The summed E-state index contributed by atoms with van der Waals surface area (Å²) >= 11 is 9.30. The minimum Gasteiger partial charge on any atom is -0.308 e. The molecule has 0 spiro atoms. The number of hydrogen-bond donors (Lipinski definition) is 1. The molecule has 2 N–H and O–H groups in total. The van der Waals surface area contributed by atoms with Crippen molar-refractivity contribution >= 4 is 49.1 Å². The third kappa shape index (κ3) is 2.76. The summed E-state index contributed by atoms with van der Waals surface area (Å²) in [5.74, 6) is -0.330. The third-order valence-corrected chi connectivity index (χ3v) is 5.35. The molecule has 0 aliphatic carbocycles. The van der Waals surface area contributed by atoms with Gasteiger partial charge in [0.15, 0.2) is 5.15 Å². The standard InChI is InChI=1S/C10H11BrClN3O3S/c1-5-7(11)3-14-10(12)9(5)15-4-6(2-8(15)16)19(13,17)18/h3,6H,2,4H2,1H3,(H2,13,17,18). The first-order valence-corrected chi connectivity index (χ1v) is 8.12. The Labute approximate surface area is 124 Å². The first-order chi connectivity index (χ1) is 8.71. The Morgan fingerprint density at radius 2 is 2.21 bits per heavy atom. The number of carbonyl (C=O) groups is 1. The summed E-state index contributed by atoms with van der Waals surface area (Å²) in [5, 5.41) is 4.33. The molecule has 104 valence electrons. The SMILES string of the molecule is Cc1c(Br)cnc(Cl)c1N1CC(S(N)(=O)=O)CC1=O. The first-order valence-electron chi connectivity index (χ1n) is 5.34. The summed E-state index contributed by atoms with van der Waals surface area (Å²) in [6, 6.07) is 0. The van der Waals surface area contributed by atoms with Gasteiger partial charge in [0.05, 0.1) is 5.69 Å². The molecule has 0 radical (unpaired) electrons.